The first-order valence-electron chi connectivity index (χ1n) is 11.1. The zero-order valence-electron chi connectivity index (χ0n) is 20.6. The highest BCUT2D eigenvalue weighted by atomic mass is 35.5. The van der Waals surface area contributed by atoms with Crippen LogP contribution in [0.3, 0.4) is 0 Å². The van der Waals surface area contributed by atoms with Gasteiger partial charge in [-0.1, -0.05) is 36.4 Å². The fourth-order valence-electron chi connectivity index (χ4n) is 3.52. The van der Waals surface area contributed by atoms with Gasteiger partial charge in [-0.3, -0.25) is 0 Å². The van der Waals surface area contributed by atoms with Crippen LogP contribution in [-0.2, 0) is 22.6 Å². The molecule has 0 radical (unpaired) electrons. The highest BCUT2D eigenvalue weighted by Gasteiger charge is 2.18. The molecule has 2 aromatic carbocycles. The predicted molar refractivity (Wildman–Crippen MR) is 128 cm³/mol. The summed E-state index contributed by atoms with van der Waals surface area (Å²) >= 11 is 0. The lowest BCUT2D eigenvalue weighted by Gasteiger charge is -2.29. The van der Waals surface area contributed by atoms with E-state index in [0.29, 0.717) is 11.0 Å². The largest absolute Gasteiger partial charge is 1.00 e. The summed E-state index contributed by atoms with van der Waals surface area (Å²) in [5.74, 6) is -0.583. The van der Waals surface area contributed by atoms with Gasteiger partial charge in [0.15, 0.2) is 0 Å². The molecule has 0 spiro atoms. The van der Waals surface area contributed by atoms with Crippen molar-refractivity contribution in [3.63, 3.8) is 0 Å². The molecule has 186 valence electrons. The van der Waals surface area contributed by atoms with E-state index in [1.165, 1.54) is 11.1 Å². The minimum atomic E-state index is -0.583. The maximum Gasteiger partial charge on any atom is 0.349 e. The van der Waals surface area contributed by atoms with E-state index in [1.54, 1.807) is 6.08 Å². The first-order valence-corrected chi connectivity index (χ1v) is 11.1. The third kappa shape index (κ3) is 9.74. The SMILES string of the molecule is CCN(CC)c1ccc(/C=C(\C#N)C(=O)OCC[N+](C)(C)Cc2ccc(C[NH3+])cc2)cc1.[Cl-].[Cl-]. The number of quaternary nitrogens is 2. The fraction of sp³-hybridized carbons (Fsp3) is 0.385. The van der Waals surface area contributed by atoms with E-state index < -0.39 is 5.97 Å². The second-order valence-corrected chi connectivity index (χ2v) is 8.45. The van der Waals surface area contributed by atoms with Gasteiger partial charge in [-0.15, -0.1) is 0 Å². The zero-order valence-corrected chi connectivity index (χ0v) is 22.1. The van der Waals surface area contributed by atoms with Crippen LogP contribution >= 0.6 is 0 Å². The maximum atomic E-state index is 12.4. The molecule has 34 heavy (non-hydrogen) atoms. The molecule has 0 aliphatic heterocycles. The number of carbonyl (C=O) groups excluding carboxylic acids is 1. The number of nitrogens with zero attached hydrogens (tertiary/aromatic N) is 3. The molecule has 0 heterocycles. The van der Waals surface area contributed by atoms with Gasteiger partial charge in [-0.05, 0) is 37.6 Å². The van der Waals surface area contributed by atoms with Crippen molar-refractivity contribution in [1.82, 2.24) is 0 Å². The first kappa shape index (κ1) is 31.4. The van der Waals surface area contributed by atoms with Gasteiger partial charge in [0.25, 0.3) is 0 Å². The van der Waals surface area contributed by atoms with Gasteiger partial charge in [0.05, 0.1) is 20.6 Å². The second-order valence-electron chi connectivity index (χ2n) is 8.45. The molecule has 6 nitrogen and oxygen atoms in total. The average molecular weight is 508 g/mol. The standard InChI is InChI=1S/C26H35N4O2.2ClH/c1-5-29(6-2)25-13-11-21(12-14-25)17-24(19-28)26(31)32-16-15-30(3,4)20-23-9-7-22(18-27)8-10-23;;/h7-14,17H,5-6,15-16,18,20,27H2,1-4H3;2*1H/q+1;;/p-1/b24-17+;;. The third-order valence-electron chi connectivity index (χ3n) is 5.53. The number of anilines is 1. The quantitative estimate of drug-likeness (QED) is 0.152. The Morgan fingerprint density at radius 3 is 2.09 bits per heavy atom. The van der Waals surface area contributed by atoms with Gasteiger partial charge in [-0.2, -0.15) is 5.26 Å². The van der Waals surface area contributed by atoms with Crippen LogP contribution in [0.4, 0.5) is 5.69 Å². The molecule has 0 saturated heterocycles. The molecule has 0 aliphatic rings. The molecule has 0 saturated carbocycles. The molecule has 0 aliphatic carbocycles. The Morgan fingerprint density at radius 1 is 1.03 bits per heavy atom. The molecule has 2 rings (SSSR count). The first-order chi connectivity index (χ1) is 15.3. The average Bonchev–Trinajstić information content (AvgIpc) is 2.79. The molecule has 0 bridgehead atoms. The zero-order chi connectivity index (χ0) is 23.6. The molecule has 0 aromatic heterocycles. The van der Waals surface area contributed by atoms with E-state index in [0.717, 1.165) is 37.4 Å². The van der Waals surface area contributed by atoms with E-state index in [4.69, 9.17) is 4.74 Å². The summed E-state index contributed by atoms with van der Waals surface area (Å²) in [4.78, 5) is 14.7. The minimum Gasteiger partial charge on any atom is -1.00 e. The Morgan fingerprint density at radius 2 is 1.59 bits per heavy atom. The Hall–Kier alpha value is -2.56. The van der Waals surface area contributed by atoms with Gasteiger partial charge in [0.1, 0.15) is 31.3 Å². The monoisotopic (exact) mass is 506 g/mol. The van der Waals surface area contributed by atoms with Gasteiger partial charge in [-0.25, -0.2) is 4.79 Å². The van der Waals surface area contributed by atoms with E-state index >= 15 is 0 Å². The number of carbonyl (C=O) groups is 1. The summed E-state index contributed by atoms with van der Waals surface area (Å²) in [6.07, 6.45) is 1.58. The number of nitriles is 1. The molecular weight excluding hydrogens is 471 g/mol. The fourth-order valence-corrected chi connectivity index (χ4v) is 3.52. The molecular formula is C26H36Cl2N4O2. The molecule has 0 unspecified atom stereocenters. The summed E-state index contributed by atoms with van der Waals surface area (Å²) in [7, 11) is 4.20. The summed E-state index contributed by atoms with van der Waals surface area (Å²) in [6.45, 7) is 8.60. The number of hydrogen-bond donors (Lipinski definition) is 1. The third-order valence-corrected chi connectivity index (χ3v) is 5.53. The predicted octanol–water partition coefficient (Wildman–Crippen LogP) is -2.99. The Labute approximate surface area is 216 Å². The smallest absolute Gasteiger partial charge is 0.349 e. The topological polar surface area (TPSA) is 81.0 Å². The normalized spacial score (nSPS) is 11.0. The Balaban J connectivity index is 0.00000544. The molecule has 8 heteroatoms. The van der Waals surface area contributed by atoms with Crippen LogP contribution in [0.15, 0.2) is 54.1 Å². The lowest BCUT2D eigenvalue weighted by molar-refractivity contribution is -0.903. The Kier molecular flexibility index (Phi) is 14.2. The number of ether oxygens (including phenoxy) is 1. The second kappa shape index (κ2) is 15.4. The molecule has 0 fully saturated rings. The lowest BCUT2D eigenvalue weighted by Crippen LogP contribution is -3.00. The van der Waals surface area contributed by atoms with E-state index in [9.17, 15) is 10.1 Å². The summed E-state index contributed by atoms with van der Waals surface area (Å²) in [6, 6.07) is 18.2. The minimum absolute atomic E-state index is 0. The van der Waals surface area contributed by atoms with Crippen LogP contribution < -0.4 is 35.4 Å². The summed E-state index contributed by atoms with van der Waals surface area (Å²) in [5, 5.41) is 9.44. The van der Waals surface area contributed by atoms with Crippen LogP contribution in [-0.4, -0.2) is 50.8 Å². The van der Waals surface area contributed by atoms with Crippen molar-refractivity contribution >= 4 is 17.7 Å². The molecule has 0 atom stereocenters. The number of likely N-dealkylation sites (N-methyl/N-ethyl adjacent to an activating group) is 1. The molecule has 0 amide bonds. The van der Waals surface area contributed by atoms with Crippen molar-refractivity contribution in [2.45, 2.75) is 26.9 Å². The Bertz CT molecular complexity index is 948. The number of hydrogen-bond acceptors (Lipinski definition) is 4. The van der Waals surface area contributed by atoms with Crippen molar-refractivity contribution in [2.24, 2.45) is 0 Å². The van der Waals surface area contributed by atoms with Crippen LogP contribution in [0.1, 0.15) is 30.5 Å². The summed E-state index contributed by atoms with van der Waals surface area (Å²) < 4.78 is 6.09. The molecule has 2 aromatic rings. The van der Waals surface area contributed by atoms with Gasteiger partial charge < -0.3 is 44.7 Å². The van der Waals surface area contributed by atoms with Crippen molar-refractivity contribution in [1.29, 1.82) is 5.26 Å². The van der Waals surface area contributed by atoms with Gasteiger partial charge >= 0.3 is 5.97 Å². The van der Waals surface area contributed by atoms with Crippen molar-refractivity contribution < 1.29 is 44.6 Å². The van der Waals surface area contributed by atoms with Gasteiger partial charge in [0, 0.05) is 29.9 Å². The summed E-state index contributed by atoms with van der Waals surface area (Å²) in [5.41, 5.74) is 8.27. The number of halogens is 2. The highest BCUT2D eigenvalue weighted by Crippen LogP contribution is 2.17. The molecule has 3 N–H and O–H groups in total. The van der Waals surface area contributed by atoms with E-state index in [1.807, 2.05) is 30.3 Å². The highest BCUT2D eigenvalue weighted by molar-refractivity contribution is 5.97. The van der Waals surface area contributed by atoms with Gasteiger partial charge in [0.2, 0.25) is 0 Å². The van der Waals surface area contributed by atoms with Crippen LogP contribution in [0.2, 0.25) is 0 Å². The number of benzene rings is 2. The number of esters is 1. The van der Waals surface area contributed by atoms with Crippen molar-refractivity contribution in [2.75, 3.05) is 45.2 Å². The van der Waals surface area contributed by atoms with Crippen molar-refractivity contribution in [3.8, 4) is 6.07 Å². The van der Waals surface area contributed by atoms with Crippen molar-refractivity contribution in [3.05, 3.63) is 70.8 Å². The van der Waals surface area contributed by atoms with Crippen LogP contribution in [0.25, 0.3) is 6.08 Å². The van der Waals surface area contributed by atoms with Crippen LogP contribution in [0.5, 0.6) is 0 Å². The maximum absolute atomic E-state index is 12.4. The van der Waals surface area contributed by atoms with E-state index in [-0.39, 0.29) is 37.0 Å². The lowest BCUT2D eigenvalue weighted by atomic mass is 10.1. The number of rotatable bonds is 11. The van der Waals surface area contributed by atoms with Crippen LogP contribution in [0, 0.1) is 11.3 Å². The van der Waals surface area contributed by atoms with E-state index in [2.05, 4.69) is 62.8 Å².